The van der Waals surface area contributed by atoms with Crippen LogP contribution in [-0.2, 0) is 32.1 Å². The molecule has 8 nitrogen and oxygen atoms in total. The van der Waals surface area contributed by atoms with Gasteiger partial charge >= 0.3 is 6.18 Å². The van der Waals surface area contributed by atoms with Crippen molar-refractivity contribution in [2.75, 3.05) is 0 Å². The molecule has 2 aliphatic rings. The minimum Gasteiger partial charge on any atom is -0.346 e. The van der Waals surface area contributed by atoms with E-state index in [0.29, 0.717) is 42.9 Å². The van der Waals surface area contributed by atoms with E-state index in [1.807, 2.05) is 6.07 Å². The molecule has 222 valence electrons. The second kappa shape index (κ2) is 11.6. The number of fused-ring (bicyclic) bond motifs is 1. The van der Waals surface area contributed by atoms with Crippen LogP contribution in [0.15, 0.2) is 54.4 Å². The van der Waals surface area contributed by atoms with Crippen LogP contribution in [0.3, 0.4) is 0 Å². The van der Waals surface area contributed by atoms with Crippen LogP contribution >= 0.6 is 0 Å². The highest BCUT2D eigenvalue weighted by molar-refractivity contribution is 5.91. The molecule has 3 aromatic heterocycles. The summed E-state index contributed by atoms with van der Waals surface area (Å²) in [5.41, 5.74) is 4.29. The van der Waals surface area contributed by atoms with Crippen molar-refractivity contribution in [3.05, 3.63) is 105 Å². The van der Waals surface area contributed by atoms with Gasteiger partial charge in [-0.15, -0.1) is 5.10 Å². The third kappa shape index (κ3) is 6.45. The van der Waals surface area contributed by atoms with Gasteiger partial charge in [0, 0.05) is 42.9 Å². The molecule has 4 aromatic rings. The van der Waals surface area contributed by atoms with Gasteiger partial charge in [0.15, 0.2) is 5.69 Å². The van der Waals surface area contributed by atoms with E-state index in [9.17, 15) is 26.7 Å². The fraction of sp³-hybridized carbons (Fsp3) is 0.333. The number of unbranched alkanes of at least 4 members (excludes halogenated alkanes) is 1. The number of halogens is 5. The lowest BCUT2D eigenvalue weighted by Crippen LogP contribution is -2.23. The first-order chi connectivity index (χ1) is 20.7. The van der Waals surface area contributed by atoms with Gasteiger partial charge in [-0.2, -0.15) is 23.4 Å². The molecule has 1 aromatic carbocycles. The maximum Gasteiger partial charge on any atom is 0.433 e. The van der Waals surface area contributed by atoms with Crippen molar-refractivity contribution in [2.45, 2.75) is 57.8 Å². The summed E-state index contributed by atoms with van der Waals surface area (Å²) < 4.78 is 67.9. The Kier molecular flexibility index (Phi) is 7.72. The van der Waals surface area contributed by atoms with Crippen LogP contribution in [0.2, 0.25) is 0 Å². The number of allylic oxidation sites excluding steroid dienone is 1. The zero-order valence-electron chi connectivity index (χ0n) is 22.8. The molecule has 1 fully saturated rings. The normalized spacial score (nSPS) is 14.7. The maximum absolute atomic E-state index is 14.8. The maximum atomic E-state index is 14.8. The van der Waals surface area contributed by atoms with Gasteiger partial charge in [-0.25, -0.2) is 8.78 Å². The highest BCUT2D eigenvalue weighted by Crippen LogP contribution is 2.48. The number of rotatable bonds is 10. The number of hydrogen-bond acceptors (Lipinski definition) is 6. The van der Waals surface area contributed by atoms with E-state index >= 15 is 0 Å². The van der Waals surface area contributed by atoms with Gasteiger partial charge < -0.3 is 5.32 Å². The monoisotopic (exact) mass is 595 g/mol. The molecular formula is C30H26F5N7O. The number of aryl methyl sites for hydroxylation is 2. The van der Waals surface area contributed by atoms with Crippen LogP contribution < -0.4 is 5.32 Å². The summed E-state index contributed by atoms with van der Waals surface area (Å²) in [5.74, 6) is -1.31. The minimum atomic E-state index is -4.53. The smallest absolute Gasteiger partial charge is 0.346 e. The number of carbonyl (C=O) groups is 1. The molecule has 1 N–H and O–H groups in total. The van der Waals surface area contributed by atoms with Gasteiger partial charge in [0.2, 0.25) is 0 Å². The van der Waals surface area contributed by atoms with Crippen LogP contribution in [0.5, 0.6) is 0 Å². The lowest BCUT2D eigenvalue weighted by molar-refractivity contribution is -0.141. The number of aromatic nitrogens is 6. The number of amides is 1. The first-order valence-electron chi connectivity index (χ1n) is 13.9. The molecule has 6 rings (SSSR count). The Balaban J connectivity index is 1.03. The molecule has 0 radical (unpaired) electrons. The number of hydrogen-bond donors (Lipinski definition) is 1. The summed E-state index contributed by atoms with van der Waals surface area (Å²) in [5, 5.41) is 19.3. The summed E-state index contributed by atoms with van der Waals surface area (Å²) >= 11 is 0. The Labute approximate surface area is 243 Å². The van der Waals surface area contributed by atoms with Crippen molar-refractivity contribution in [2.24, 2.45) is 5.92 Å². The highest BCUT2D eigenvalue weighted by atomic mass is 19.4. The van der Waals surface area contributed by atoms with E-state index in [1.165, 1.54) is 24.4 Å². The summed E-state index contributed by atoms with van der Waals surface area (Å²) in [7, 11) is 0. The Bertz CT molecular complexity index is 1690. The molecule has 13 heteroatoms. The average Bonchev–Trinajstić information content (AvgIpc) is 3.60. The fourth-order valence-corrected chi connectivity index (χ4v) is 5.22. The van der Waals surface area contributed by atoms with Crippen molar-refractivity contribution in [3.63, 3.8) is 0 Å². The SMILES string of the molecule is O=C(NCc1ccc(C(F)(F)F)nc1)c1cn(CCCCc2cc3c(nn2)CC(C2CC2)=C3c2ccc(F)cc2F)nn1. The van der Waals surface area contributed by atoms with Crippen LogP contribution in [0.4, 0.5) is 22.0 Å². The van der Waals surface area contributed by atoms with E-state index in [0.717, 1.165) is 65.7 Å². The van der Waals surface area contributed by atoms with Crippen molar-refractivity contribution >= 4 is 11.5 Å². The highest BCUT2D eigenvalue weighted by Gasteiger charge is 2.36. The first kappa shape index (κ1) is 28.6. The third-order valence-corrected chi connectivity index (χ3v) is 7.55. The molecule has 43 heavy (non-hydrogen) atoms. The second-order valence-corrected chi connectivity index (χ2v) is 10.7. The van der Waals surface area contributed by atoms with Crippen LogP contribution in [0.1, 0.15) is 69.9 Å². The number of alkyl halides is 3. The Hall–Kier alpha value is -4.55. The van der Waals surface area contributed by atoms with E-state index in [2.05, 4.69) is 30.8 Å². The van der Waals surface area contributed by atoms with Gasteiger partial charge in [0.1, 0.15) is 17.3 Å². The molecule has 0 atom stereocenters. The van der Waals surface area contributed by atoms with Crippen LogP contribution in [0.25, 0.3) is 5.57 Å². The van der Waals surface area contributed by atoms with Crippen LogP contribution in [-0.4, -0.2) is 36.1 Å². The van der Waals surface area contributed by atoms with Crippen molar-refractivity contribution < 1.29 is 26.7 Å². The summed E-state index contributed by atoms with van der Waals surface area (Å²) in [6, 6.07) is 7.76. The molecule has 2 aliphatic carbocycles. The lowest BCUT2D eigenvalue weighted by Gasteiger charge is -2.11. The van der Waals surface area contributed by atoms with Crippen LogP contribution in [0, 0.1) is 17.6 Å². The molecule has 0 bridgehead atoms. The molecule has 3 heterocycles. The number of carbonyl (C=O) groups excluding carboxylic acids is 1. The second-order valence-electron chi connectivity index (χ2n) is 10.7. The van der Waals surface area contributed by atoms with Crippen molar-refractivity contribution in [3.8, 4) is 0 Å². The topological polar surface area (TPSA) is 98.5 Å². The Morgan fingerprint density at radius 1 is 1.00 bits per heavy atom. The zero-order chi connectivity index (χ0) is 30.1. The predicted octanol–water partition coefficient (Wildman–Crippen LogP) is 5.48. The summed E-state index contributed by atoms with van der Waals surface area (Å²) in [6.45, 7) is 0.491. The van der Waals surface area contributed by atoms with E-state index < -0.39 is 29.4 Å². The molecule has 0 unspecified atom stereocenters. The van der Waals surface area contributed by atoms with Crippen molar-refractivity contribution in [1.29, 1.82) is 0 Å². The molecule has 0 aliphatic heterocycles. The number of benzene rings is 1. The molecule has 0 spiro atoms. The van der Waals surface area contributed by atoms with Crippen molar-refractivity contribution in [1.82, 2.24) is 35.5 Å². The van der Waals surface area contributed by atoms with Gasteiger partial charge in [0.25, 0.3) is 5.91 Å². The van der Waals surface area contributed by atoms with E-state index in [4.69, 9.17) is 0 Å². The Morgan fingerprint density at radius 3 is 2.56 bits per heavy atom. The average molecular weight is 596 g/mol. The summed E-state index contributed by atoms with van der Waals surface area (Å²) in [6.07, 6.45) is 2.86. The number of pyridine rings is 1. The largest absolute Gasteiger partial charge is 0.433 e. The predicted molar refractivity (Wildman–Crippen MR) is 144 cm³/mol. The lowest BCUT2D eigenvalue weighted by atomic mass is 9.95. The van der Waals surface area contributed by atoms with Gasteiger partial charge in [-0.1, -0.05) is 16.9 Å². The zero-order valence-corrected chi connectivity index (χ0v) is 22.8. The molecule has 1 amide bonds. The van der Waals surface area contributed by atoms with E-state index in [1.54, 1.807) is 4.68 Å². The van der Waals surface area contributed by atoms with Gasteiger partial charge in [0.05, 0.1) is 17.6 Å². The van der Waals surface area contributed by atoms with Gasteiger partial charge in [-0.05, 0) is 73.4 Å². The molecule has 1 saturated carbocycles. The standard InChI is InChI=1S/C30H26F5N7O/c31-19-7-8-21(24(32)11-19)28-22(18-5-6-18)13-25-23(28)12-20(38-39-25)3-1-2-10-42-16-26(40-41-42)29(43)37-15-17-4-9-27(36-14-17)30(33,34)35/h4,7-9,11-12,14,16,18H,1-3,5-6,10,13,15H2,(H,37,43). The van der Waals surface area contributed by atoms with Gasteiger partial charge in [-0.3, -0.25) is 14.5 Å². The number of nitrogens with zero attached hydrogens (tertiary/aromatic N) is 6. The van der Waals surface area contributed by atoms with E-state index in [-0.39, 0.29) is 12.2 Å². The molecular weight excluding hydrogens is 569 g/mol. The molecule has 0 saturated heterocycles. The number of nitrogens with one attached hydrogen (secondary N) is 1. The first-order valence-corrected chi connectivity index (χ1v) is 13.9. The summed E-state index contributed by atoms with van der Waals surface area (Å²) in [4.78, 5) is 15.8. The fourth-order valence-electron chi connectivity index (χ4n) is 5.22. The Morgan fingerprint density at radius 2 is 1.84 bits per heavy atom. The minimum absolute atomic E-state index is 0.00843. The third-order valence-electron chi connectivity index (χ3n) is 7.55. The quantitative estimate of drug-likeness (QED) is 0.193.